The summed E-state index contributed by atoms with van der Waals surface area (Å²) >= 11 is 0. The van der Waals surface area contributed by atoms with Crippen LogP contribution in [0.1, 0.15) is 18.7 Å². The SMILES string of the molecule is COC(=O)CCCN(C)c1cc(=O)[nH]c(C)n1. The number of hydrogen-bond acceptors (Lipinski definition) is 5. The maximum atomic E-state index is 11.2. The van der Waals surface area contributed by atoms with E-state index < -0.39 is 0 Å². The molecule has 0 unspecified atom stereocenters. The van der Waals surface area contributed by atoms with E-state index in [1.54, 1.807) is 6.92 Å². The Morgan fingerprint density at radius 3 is 2.88 bits per heavy atom. The van der Waals surface area contributed by atoms with Crippen LogP contribution in [-0.4, -0.2) is 36.6 Å². The number of aromatic amines is 1. The second kappa shape index (κ2) is 6.03. The predicted octanol–water partition coefficient (Wildman–Crippen LogP) is 0.468. The van der Waals surface area contributed by atoms with E-state index >= 15 is 0 Å². The van der Waals surface area contributed by atoms with Crippen LogP contribution in [0.5, 0.6) is 0 Å². The highest BCUT2D eigenvalue weighted by molar-refractivity contribution is 5.69. The van der Waals surface area contributed by atoms with Crippen LogP contribution in [-0.2, 0) is 9.53 Å². The number of esters is 1. The number of methoxy groups -OCH3 is 1. The first-order valence-electron chi connectivity index (χ1n) is 5.39. The molecular formula is C11H17N3O3. The van der Waals surface area contributed by atoms with Crippen molar-refractivity contribution in [3.63, 3.8) is 0 Å². The Morgan fingerprint density at radius 1 is 1.59 bits per heavy atom. The van der Waals surface area contributed by atoms with Crippen LogP contribution >= 0.6 is 0 Å². The summed E-state index contributed by atoms with van der Waals surface area (Å²) in [5.41, 5.74) is -0.174. The monoisotopic (exact) mass is 239 g/mol. The molecule has 0 amide bonds. The van der Waals surface area contributed by atoms with E-state index in [0.29, 0.717) is 31.0 Å². The number of anilines is 1. The molecule has 0 saturated carbocycles. The largest absolute Gasteiger partial charge is 0.469 e. The van der Waals surface area contributed by atoms with E-state index in [2.05, 4.69) is 14.7 Å². The van der Waals surface area contributed by atoms with Gasteiger partial charge in [0, 0.05) is 26.1 Å². The fourth-order valence-corrected chi connectivity index (χ4v) is 1.44. The molecule has 1 N–H and O–H groups in total. The lowest BCUT2D eigenvalue weighted by atomic mass is 10.3. The van der Waals surface area contributed by atoms with Gasteiger partial charge in [-0.3, -0.25) is 9.59 Å². The minimum Gasteiger partial charge on any atom is -0.469 e. The molecule has 6 nitrogen and oxygen atoms in total. The highest BCUT2D eigenvalue weighted by atomic mass is 16.5. The zero-order valence-electron chi connectivity index (χ0n) is 10.3. The molecule has 1 heterocycles. The summed E-state index contributed by atoms with van der Waals surface area (Å²) in [6, 6.07) is 1.44. The summed E-state index contributed by atoms with van der Waals surface area (Å²) in [6.07, 6.45) is 1.03. The van der Waals surface area contributed by atoms with E-state index in [1.807, 2.05) is 11.9 Å². The minimum atomic E-state index is -0.228. The molecule has 0 aromatic carbocycles. The number of carbonyl (C=O) groups is 1. The van der Waals surface area contributed by atoms with Gasteiger partial charge in [-0.15, -0.1) is 0 Å². The second-order valence-electron chi connectivity index (χ2n) is 3.79. The summed E-state index contributed by atoms with van der Waals surface area (Å²) in [6.45, 7) is 2.37. The molecule has 0 bridgehead atoms. The first kappa shape index (κ1) is 13.2. The molecule has 1 aromatic heterocycles. The van der Waals surface area contributed by atoms with Gasteiger partial charge in [-0.1, -0.05) is 0 Å². The van der Waals surface area contributed by atoms with Gasteiger partial charge in [0.25, 0.3) is 5.56 Å². The lowest BCUT2D eigenvalue weighted by molar-refractivity contribution is -0.140. The van der Waals surface area contributed by atoms with Gasteiger partial charge in [0.15, 0.2) is 0 Å². The molecule has 0 atom stereocenters. The summed E-state index contributed by atoms with van der Waals surface area (Å²) in [5, 5.41) is 0. The number of aromatic nitrogens is 2. The van der Waals surface area contributed by atoms with Gasteiger partial charge in [-0.25, -0.2) is 4.98 Å². The lowest BCUT2D eigenvalue weighted by Gasteiger charge is -2.17. The fourth-order valence-electron chi connectivity index (χ4n) is 1.44. The van der Waals surface area contributed by atoms with E-state index in [9.17, 15) is 9.59 Å². The summed E-state index contributed by atoms with van der Waals surface area (Å²) < 4.78 is 4.55. The van der Waals surface area contributed by atoms with Crippen LogP contribution in [0.2, 0.25) is 0 Å². The van der Waals surface area contributed by atoms with Crippen molar-refractivity contribution in [1.82, 2.24) is 9.97 Å². The van der Waals surface area contributed by atoms with Crippen molar-refractivity contribution >= 4 is 11.8 Å². The molecule has 0 aliphatic rings. The van der Waals surface area contributed by atoms with Crippen LogP contribution in [0, 0.1) is 6.92 Å². The number of rotatable bonds is 5. The van der Waals surface area contributed by atoms with Gasteiger partial charge in [0.1, 0.15) is 11.6 Å². The number of aryl methyl sites for hydroxylation is 1. The predicted molar refractivity (Wildman–Crippen MR) is 64.1 cm³/mol. The number of ether oxygens (including phenoxy) is 1. The Labute approximate surface area is 99.6 Å². The van der Waals surface area contributed by atoms with Crippen LogP contribution < -0.4 is 10.5 Å². The Bertz CT molecular complexity index is 442. The van der Waals surface area contributed by atoms with Gasteiger partial charge >= 0.3 is 5.97 Å². The third-order valence-electron chi connectivity index (χ3n) is 2.34. The van der Waals surface area contributed by atoms with E-state index in [1.165, 1.54) is 13.2 Å². The third kappa shape index (κ3) is 4.26. The third-order valence-corrected chi connectivity index (χ3v) is 2.34. The standard InChI is InChI=1S/C11H17N3O3/c1-8-12-9(7-10(15)13-8)14(2)6-4-5-11(16)17-3/h7H,4-6H2,1-3H3,(H,12,13,15). The summed E-state index contributed by atoms with van der Waals surface area (Å²) in [4.78, 5) is 30.8. The number of hydrogen-bond donors (Lipinski definition) is 1. The first-order chi connectivity index (χ1) is 8.02. The normalized spacial score (nSPS) is 10.1. The van der Waals surface area contributed by atoms with Crippen molar-refractivity contribution in [2.24, 2.45) is 0 Å². The molecule has 0 saturated heterocycles. The molecule has 0 radical (unpaired) electrons. The van der Waals surface area contributed by atoms with E-state index in [-0.39, 0.29) is 11.5 Å². The number of carbonyl (C=O) groups excluding carboxylic acids is 1. The van der Waals surface area contributed by atoms with Crippen molar-refractivity contribution in [2.75, 3.05) is 25.6 Å². The van der Waals surface area contributed by atoms with E-state index in [4.69, 9.17) is 0 Å². The first-order valence-corrected chi connectivity index (χ1v) is 5.39. The van der Waals surface area contributed by atoms with Crippen LogP contribution in [0.4, 0.5) is 5.82 Å². The van der Waals surface area contributed by atoms with Gasteiger partial charge in [0.05, 0.1) is 7.11 Å². The quantitative estimate of drug-likeness (QED) is 0.756. The molecule has 0 spiro atoms. The van der Waals surface area contributed by atoms with Gasteiger partial charge in [-0.2, -0.15) is 0 Å². The molecule has 0 aliphatic heterocycles. The van der Waals surface area contributed by atoms with Gasteiger partial charge in [0.2, 0.25) is 0 Å². The Balaban J connectivity index is 2.55. The Hall–Kier alpha value is -1.85. The molecule has 0 aliphatic carbocycles. The van der Waals surface area contributed by atoms with Crippen molar-refractivity contribution < 1.29 is 9.53 Å². The molecule has 1 aromatic rings. The van der Waals surface area contributed by atoms with Gasteiger partial charge < -0.3 is 14.6 Å². The maximum Gasteiger partial charge on any atom is 0.305 e. The van der Waals surface area contributed by atoms with Crippen LogP contribution in [0.25, 0.3) is 0 Å². The lowest BCUT2D eigenvalue weighted by Crippen LogP contribution is -2.23. The Morgan fingerprint density at radius 2 is 2.29 bits per heavy atom. The topological polar surface area (TPSA) is 75.3 Å². The van der Waals surface area contributed by atoms with Crippen molar-refractivity contribution in [3.05, 3.63) is 22.2 Å². The molecule has 17 heavy (non-hydrogen) atoms. The molecule has 6 heteroatoms. The number of nitrogens with one attached hydrogen (secondary N) is 1. The average molecular weight is 239 g/mol. The maximum absolute atomic E-state index is 11.2. The van der Waals surface area contributed by atoms with Crippen molar-refractivity contribution in [3.8, 4) is 0 Å². The minimum absolute atomic E-state index is 0.174. The summed E-state index contributed by atoms with van der Waals surface area (Å²) in [7, 11) is 3.20. The highest BCUT2D eigenvalue weighted by Crippen LogP contribution is 2.06. The van der Waals surface area contributed by atoms with Crippen molar-refractivity contribution in [1.29, 1.82) is 0 Å². The van der Waals surface area contributed by atoms with Crippen molar-refractivity contribution in [2.45, 2.75) is 19.8 Å². The highest BCUT2D eigenvalue weighted by Gasteiger charge is 2.06. The van der Waals surface area contributed by atoms with Crippen LogP contribution in [0.3, 0.4) is 0 Å². The summed E-state index contributed by atoms with van der Waals surface area (Å²) in [5.74, 6) is 0.955. The number of H-pyrrole nitrogens is 1. The zero-order valence-corrected chi connectivity index (χ0v) is 10.3. The number of nitrogens with zero attached hydrogens (tertiary/aromatic N) is 2. The van der Waals surface area contributed by atoms with Gasteiger partial charge in [-0.05, 0) is 13.3 Å². The second-order valence-corrected chi connectivity index (χ2v) is 3.79. The average Bonchev–Trinajstić information content (AvgIpc) is 2.27. The fraction of sp³-hybridized carbons (Fsp3) is 0.545. The smallest absolute Gasteiger partial charge is 0.305 e. The van der Waals surface area contributed by atoms with E-state index in [0.717, 1.165) is 0 Å². The molecular weight excluding hydrogens is 222 g/mol. The molecule has 1 rings (SSSR count). The molecule has 0 fully saturated rings. The zero-order chi connectivity index (χ0) is 12.8. The Kier molecular flexibility index (Phi) is 4.68. The molecule has 94 valence electrons. The van der Waals surface area contributed by atoms with Crippen LogP contribution in [0.15, 0.2) is 10.9 Å².